The molecule has 0 saturated carbocycles. The number of carbonyl (C=O) groups excluding carboxylic acids is 1. The largest absolute Gasteiger partial charge is 0.496 e. The van der Waals surface area contributed by atoms with Gasteiger partial charge < -0.3 is 4.74 Å². The predicted molar refractivity (Wildman–Crippen MR) is 80.1 cm³/mol. The second kappa shape index (κ2) is 6.53. The van der Waals surface area contributed by atoms with E-state index < -0.39 is 0 Å². The molecule has 1 aliphatic heterocycles. The SMILES string of the molecule is CCC1SCCSC1C(=O)c1ccccc1OC. The number of ketones is 1. The van der Waals surface area contributed by atoms with Gasteiger partial charge in [0.1, 0.15) is 5.75 Å². The number of rotatable bonds is 4. The maximum Gasteiger partial charge on any atom is 0.180 e. The summed E-state index contributed by atoms with van der Waals surface area (Å²) in [7, 11) is 1.62. The molecule has 0 aliphatic carbocycles. The molecule has 1 aromatic carbocycles. The summed E-state index contributed by atoms with van der Waals surface area (Å²) in [4.78, 5) is 12.6. The Labute approximate surface area is 117 Å². The number of hydrogen-bond donors (Lipinski definition) is 0. The fourth-order valence-corrected chi connectivity index (χ4v) is 5.16. The summed E-state index contributed by atoms with van der Waals surface area (Å²) in [6, 6.07) is 7.52. The standard InChI is InChI=1S/C14H18O2S2/c1-3-12-14(18-9-8-17-12)13(15)10-6-4-5-7-11(10)16-2/h4-7,12,14H,3,8-9H2,1-2H3. The third-order valence-electron chi connectivity index (χ3n) is 3.08. The van der Waals surface area contributed by atoms with E-state index in [1.165, 1.54) is 0 Å². The molecule has 0 spiro atoms. The van der Waals surface area contributed by atoms with E-state index in [0.29, 0.717) is 11.0 Å². The van der Waals surface area contributed by atoms with E-state index in [1.807, 2.05) is 36.0 Å². The number of carbonyl (C=O) groups is 1. The highest BCUT2D eigenvalue weighted by molar-refractivity contribution is 8.07. The first-order valence-electron chi connectivity index (χ1n) is 6.18. The van der Waals surface area contributed by atoms with Crippen LogP contribution in [0.2, 0.25) is 0 Å². The number of Topliss-reactive ketones (excluding diaryl/α,β-unsaturated/α-hetero) is 1. The number of thioether (sulfide) groups is 2. The highest BCUT2D eigenvalue weighted by Crippen LogP contribution is 2.36. The molecule has 1 fully saturated rings. The fourth-order valence-electron chi connectivity index (χ4n) is 2.15. The van der Waals surface area contributed by atoms with E-state index in [9.17, 15) is 4.79 Å². The lowest BCUT2D eigenvalue weighted by atomic mass is 10.0. The van der Waals surface area contributed by atoms with Gasteiger partial charge in [-0.1, -0.05) is 19.1 Å². The monoisotopic (exact) mass is 282 g/mol. The Hall–Kier alpha value is -0.610. The van der Waals surface area contributed by atoms with E-state index in [0.717, 1.165) is 23.5 Å². The molecular weight excluding hydrogens is 264 g/mol. The smallest absolute Gasteiger partial charge is 0.180 e. The summed E-state index contributed by atoms with van der Waals surface area (Å²) in [5.74, 6) is 3.12. The predicted octanol–water partition coefficient (Wildman–Crippen LogP) is 3.51. The second-order valence-electron chi connectivity index (χ2n) is 4.17. The van der Waals surface area contributed by atoms with Crippen molar-refractivity contribution >= 4 is 29.3 Å². The third-order valence-corrected chi connectivity index (χ3v) is 6.33. The van der Waals surface area contributed by atoms with Gasteiger partial charge >= 0.3 is 0 Å². The molecule has 0 bridgehead atoms. The highest BCUT2D eigenvalue weighted by atomic mass is 32.2. The van der Waals surface area contributed by atoms with Crippen molar-refractivity contribution in [2.45, 2.75) is 23.8 Å². The lowest BCUT2D eigenvalue weighted by Gasteiger charge is -2.29. The van der Waals surface area contributed by atoms with Gasteiger partial charge in [-0.3, -0.25) is 4.79 Å². The molecule has 2 nitrogen and oxygen atoms in total. The van der Waals surface area contributed by atoms with Gasteiger partial charge in [-0.25, -0.2) is 0 Å². The van der Waals surface area contributed by atoms with Crippen LogP contribution in [0, 0.1) is 0 Å². The van der Waals surface area contributed by atoms with E-state index in [2.05, 4.69) is 6.92 Å². The van der Waals surface area contributed by atoms with Gasteiger partial charge in [0, 0.05) is 16.8 Å². The summed E-state index contributed by atoms with van der Waals surface area (Å²) in [5.41, 5.74) is 0.721. The third kappa shape index (κ3) is 2.86. The number of hydrogen-bond acceptors (Lipinski definition) is 4. The van der Waals surface area contributed by atoms with Crippen molar-refractivity contribution < 1.29 is 9.53 Å². The summed E-state index contributed by atoms with van der Waals surface area (Å²) >= 11 is 3.72. The van der Waals surface area contributed by atoms with Crippen LogP contribution in [0.1, 0.15) is 23.7 Å². The number of ether oxygens (including phenoxy) is 1. The summed E-state index contributed by atoms with van der Waals surface area (Å²) in [6.45, 7) is 2.16. The minimum Gasteiger partial charge on any atom is -0.496 e. The zero-order chi connectivity index (χ0) is 13.0. The topological polar surface area (TPSA) is 26.3 Å². The molecule has 2 unspecified atom stereocenters. The second-order valence-corrected chi connectivity index (χ2v) is 6.77. The van der Waals surface area contributed by atoms with Gasteiger partial charge in [-0.2, -0.15) is 11.8 Å². The van der Waals surface area contributed by atoms with Crippen molar-refractivity contribution in [3.05, 3.63) is 29.8 Å². The van der Waals surface area contributed by atoms with E-state index in [4.69, 9.17) is 4.74 Å². The van der Waals surface area contributed by atoms with Gasteiger partial charge in [-0.05, 0) is 18.6 Å². The molecular formula is C14H18O2S2. The van der Waals surface area contributed by atoms with Crippen molar-refractivity contribution in [3.63, 3.8) is 0 Å². The number of para-hydroxylation sites is 1. The molecule has 2 rings (SSSR count). The van der Waals surface area contributed by atoms with Crippen LogP contribution in [0.25, 0.3) is 0 Å². The Morgan fingerprint density at radius 3 is 2.78 bits per heavy atom. The molecule has 0 N–H and O–H groups in total. The average molecular weight is 282 g/mol. The van der Waals surface area contributed by atoms with E-state index in [1.54, 1.807) is 18.9 Å². The Morgan fingerprint density at radius 1 is 1.33 bits per heavy atom. The number of benzene rings is 1. The Bertz CT molecular complexity index is 420. The Kier molecular flexibility index (Phi) is 5.01. The molecule has 1 saturated heterocycles. The molecule has 1 aromatic rings. The maximum absolute atomic E-state index is 12.6. The van der Waals surface area contributed by atoms with Gasteiger partial charge in [0.25, 0.3) is 0 Å². The van der Waals surface area contributed by atoms with Crippen LogP contribution in [-0.2, 0) is 0 Å². The van der Waals surface area contributed by atoms with Crippen molar-refractivity contribution in [2.24, 2.45) is 0 Å². The normalized spacial score (nSPS) is 23.7. The quantitative estimate of drug-likeness (QED) is 0.790. The van der Waals surface area contributed by atoms with E-state index >= 15 is 0 Å². The van der Waals surface area contributed by atoms with Gasteiger partial charge in [0.15, 0.2) is 5.78 Å². The molecule has 4 heteroatoms. The summed E-state index contributed by atoms with van der Waals surface area (Å²) in [5, 5.41) is 0.506. The van der Waals surface area contributed by atoms with Gasteiger partial charge in [-0.15, -0.1) is 11.8 Å². The highest BCUT2D eigenvalue weighted by Gasteiger charge is 2.32. The van der Waals surface area contributed by atoms with Crippen molar-refractivity contribution in [1.82, 2.24) is 0 Å². The molecule has 0 amide bonds. The molecule has 1 aliphatic rings. The van der Waals surface area contributed by atoms with Crippen molar-refractivity contribution in [1.29, 1.82) is 0 Å². The zero-order valence-corrected chi connectivity index (χ0v) is 12.4. The van der Waals surface area contributed by atoms with Crippen LogP contribution in [0.5, 0.6) is 5.75 Å². The minimum absolute atomic E-state index is 0.0741. The van der Waals surface area contributed by atoms with Crippen LogP contribution in [0.15, 0.2) is 24.3 Å². The molecule has 98 valence electrons. The molecule has 2 atom stereocenters. The van der Waals surface area contributed by atoms with Crippen LogP contribution in [0.3, 0.4) is 0 Å². The van der Waals surface area contributed by atoms with E-state index in [-0.39, 0.29) is 11.0 Å². The van der Waals surface area contributed by atoms with Crippen LogP contribution >= 0.6 is 23.5 Å². The van der Waals surface area contributed by atoms with Crippen molar-refractivity contribution in [2.75, 3.05) is 18.6 Å². The summed E-state index contributed by atoms with van der Waals surface area (Å²) < 4.78 is 5.29. The Balaban J connectivity index is 2.24. The Morgan fingerprint density at radius 2 is 2.06 bits per heavy atom. The van der Waals surface area contributed by atoms with Crippen LogP contribution in [0.4, 0.5) is 0 Å². The molecule has 18 heavy (non-hydrogen) atoms. The first-order chi connectivity index (χ1) is 8.77. The fraction of sp³-hybridized carbons (Fsp3) is 0.500. The van der Waals surface area contributed by atoms with Crippen LogP contribution < -0.4 is 4.74 Å². The molecule has 0 aromatic heterocycles. The van der Waals surface area contributed by atoms with Crippen LogP contribution in [-0.4, -0.2) is 34.9 Å². The lowest BCUT2D eigenvalue weighted by Crippen LogP contribution is -2.33. The first kappa shape index (κ1) is 13.8. The molecule has 0 radical (unpaired) electrons. The average Bonchev–Trinajstić information content (AvgIpc) is 2.46. The summed E-state index contributed by atoms with van der Waals surface area (Å²) in [6.07, 6.45) is 1.04. The maximum atomic E-state index is 12.6. The molecule has 1 heterocycles. The number of methoxy groups -OCH3 is 1. The van der Waals surface area contributed by atoms with Gasteiger partial charge in [0.2, 0.25) is 0 Å². The van der Waals surface area contributed by atoms with Crippen molar-refractivity contribution in [3.8, 4) is 5.75 Å². The van der Waals surface area contributed by atoms with Gasteiger partial charge in [0.05, 0.1) is 17.9 Å². The minimum atomic E-state index is 0.0741. The lowest BCUT2D eigenvalue weighted by molar-refractivity contribution is 0.0985. The zero-order valence-electron chi connectivity index (χ0n) is 10.7. The first-order valence-corrected chi connectivity index (χ1v) is 8.28.